The molecule has 3 heteroatoms. The van der Waals surface area contributed by atoms with Crippen LogP contribution < -0.4 is 0 Å². The minimum Gasteiger partial charge on any atom is -0.465 e. The molecule has 0 saturated carbocycles. The lowest BCUT2D eigenvalue weighted by Crippen LogP contribution is -2.03. The van der Waals surface area contributed by atoms with E-state index >= 15 is 0 Å². The SMILES string of the molecule is [13CH3][13CH2]OC(=O)CBr. The Labute approximate surface area is 51.0 Å². The van der Waals surface area contributed by atoms with Crippen LogP contribution in [0.25, 0.3) is 0 Å². The maximum absolute atomic E-state index is 10.1. The third-order valence-corrected chi connectivity index (χ3v) is 0.872. The number of ether oxygens (including phenoxy) is 1. The predicted octanol–water partition coefficient (Wildman–Crippen LogP) is 0.944. The number of alkyl halides is 1. The van der Waals surface area contributed by atoms with E-state index in [2.05, 4.69) is 20.7 Å². The first kappa shape index (κ1) is 6.95. The van der Waals surface area contributed by atoms with E-state index in [1.807, 2.05) is 0 Å². The average Bonchev–Trinajstić information content (AvgIpc) is 1.68. The number of carbonyl (C=O) groups excluding carboxylic acids is 1. The summed E-state index contributed by atoms with van der Waals surface area (Å²) in [6.45, 7) is 2.24. The standard InChI is InChI=1S/C4H7BrO2/c1-2-7-4(6)3-5/h2-3H2,1H3/i1+1,2+1. The molecule has 0 spiro atoms. The lowest BCUT2D eigenvalue weighted by Gasteiger charge is -1.92. The molecule has 0 aromatic carbocycles. The number of rotatable bonds is 2. The van der Waals surface area contributed by atoms with Crippen LogP contribution in [0.1, 0.15) is 6.92 Å². The minimum absolute atomic E-state index is 0.206. The van der Waals surface area contributed by atoms with Gasteiger partial charge in [-0.2, -0.15) is 0 Å². The molecule has 0 amide bonds. The van der Waals surface area contributed by atoms with E-state index in [4.69, 9.17) is 0 Å². The van der Waals surface area contributed by atoms with Crippen LogP contribution in [0.3, 0.4) is 0 Å². The van der Waals surface area contributed by atoms with Crippen molar-refractivity contribution in [2.75, 3.05) is 11.9 Å². The summed E-state index contributed by atoms with van der Waals surface area (Å²) < 4.78 is 4.51. The van der Waals surface area contributed by atoms with Gasteiger partial charge in [0, 0.05) is 0 Å². The summed E-state index contributed by atoms with van der Waals surface area (Å²) >= 11 is 2.94. The van der Waals surface area contributed by atoms with Gasteiger partial charge in [0.1, 0.15) is 5.33 Å². The van der Waals surface area contributed by atoms with Crippen LogP contribution in [-0.2, 0) is 9.53 Å². The summed E-state index contributed by atoms with van der Waals surface area (Å²) in [5, 5.41) is 0.292. The zero-order chi connectivity index (χ0) is 5.70. The van der Waals surface area contributed by atoms with Gasteiger partial charge in [0.2, 0.25) is 0 Å². The molecule has 0 aliphatic heterocycles. The van der Waals surface area contributed by atoms with Gasteiger partial charge in [0.15, 0.2) is 0 Å². The van der Waals surface area contributed by atoms with Gasteiger partial charge in [0.05, 0.1) is 6.61 Å². The number of carbonyl (C=O) groups is 1. The number of halogens is 1. The van der Waals surface area contributed by atoms with Crippen molar-refractivity contribution in [3.63, 3.8) is 0 Å². The van der Waals surface area contributed by atoms with Crippen LogP contribution in [0.5, 0.6) is 0 Å². The molecule has 42 valence electrons. The van der Waals surface area contributed by atoms with Crippen molar-refractivity contribution < 1.29 is 9.53 Å². The second kappa shape index (κ2) is 4.12. The molecular formula is C4H7BrO2. The highest BCUT2D eigenvalue weighted by Gasteiger charge is 1.92. The quantitative estimate of drug-likeness (QED) is 0.349. The maximum atomic E-state index is 10.1. The fraction of sp³-hybridized carbons (Fsp3) is 0.750. The first-order valence-corrected chi connectivity index (χ1v) is 3.15. The molecule has 0 N–H and O–H groups in total. The van der Waals surface area contributed by atoms with Crippen LogP contribution in [0.15, 0.2) is 0 Å². The Hall–Kier alpha value is -0.0500. The molecule has 0 rings (SSSR count). The summed E-state index contributed by atoms with van der Waals surface area (Å²) in [4.78, 5) is 10.1. The van der Waals surface area contributed by atoms with Gasteiger partial charge in [0.25, 0.3) is 0 Å². The van der Waals surface area contributed by atoms with Gasteiger partial charge in [-0.05, 0) is 6.92 Å². The van der Waals surface area contributed by atoms with Crippen molar-refractivity contribution in [1.82, 2.24) is 0 Å². The van der Waals surface area contributed by atoms with Crippen molar-refractivity contribution in [1.29, 1.82) is 0 Å². The van der Waals surface area contributed by atoms with Crippen LogP contribution >= 0.6 is 15.9 Å². The molecule has 0 aromatic heterocycles. The Bertz CT molecular complexity index is 62.7. The third-order valence-electron chi connectivity index (χ3n) is 0.414. The Morgan fingerprint density at radius 3 is 2.57 bits per heavy atom. The van der Waals surface area contributed by atoms with Crippen LogP contribution in [-0.4, -0.2) is 17.9 Å². The van der Waals surface area contributed by atoms with Gasteiger partial charge >= 0.3 is 5.97 Å². The van der Waals surface area contributed by atoms with Gasteiger partial charge in [-0.3, -0.25) is 4.79 Å². The van der Waals surface area contributed by atoms with Crippen molar-refractivity contribution >= 4 is 21.9 Å². The predicted molar refractivity (Wildman–Crippen MR) is 30.4 cm³/mol. The minimum atomic E-state index is -0.206. The van der Waals surface area contributed by atoms with Crippen molar-refractivity contribution in [3.05, 3.63) is 0 Å². The van der Waals surface area contributed by atoms with Crippen molar-refractivity contribution in [2.45, 2.75) is 6.92 Å². The van der Waals surface area contributed by atoms with E-state index in [1.54, 1.807) is 6.92 Å². The molecule has 2 nitrogen and oxygen atoms in total. The molecule has 7 heavy (non-hydrogen) atoms. The molecule has 0 bridgehead atoms. The number of hydrogen-bond donors (Lipinski definition) is 0. The Balaban J connectivity index is 3.00. The lowest BCUT2D eigenvalue weighted by molar-refractivity contribution is -0.139. The number of hydrogen-bond acceptors (Lipinski definition) is 2. The molecule has 0 radical (unpaired) electrons. The zero-order valence-electron chi connectivity index (χ0n) is 4.11. The second-order valence-corrected chi connectivity index (χ2v) is 1.50. The fourth-order valence-corrected chi connectivity index (χ4v) is 0.361. The molecule has 0 atom stereocenters. The van der Waals surface area contributed by atoms with E-state index in [9.17, 15) is 4.79 Å². The molecular weight excluding hydrogens is 162 g/mol. The van der Waals surface area contributed by atoms with E-state index in [0.29, 0.717) is 11.9 Å². The Kier molecular flexibility index (Phi) is 4.09. The summed E-state index contributed by atoms with van der Waals surface area (Å²) in [6, 6.07) is 0. The summed E-state index contributed by atoms with van der Waals surface area (Å²) in [6.07, 6.45) is 0. The monoisotopic (exact) mass is 168 g/mol. The van der Waals surface area contributed by atoms with E-state index in [1.165, 1.54) is 0 Å². The molecule has 0 fully saturated rings. The summed E-state index contributed by atoms with van der Waals surface area (Å²) in [5.41, 5.74) is 0. The highest BCUT2D eigenvalue weighted by atomic mass is 79.9. The second-order valence-electron chi connectivity index (χ2n) is 0.939. The largest absolute Gasteiger partial charge is 0.465 e. The zero-order valence-corrected chi connectivity index (χ0v) is 5.69. The molecule has 0 heterocycles. The Morgan fingerprint density at radius 2 is 2.43 bits per heavy atom. The Morgan fingerprint density at radius 1 is 1.86 bits per heavy atom. The van der Waals surface area contributed by atoms with Gasteiger partial charge in [-0.25, -0.2) is 0 Å². The van der Waals surface area contributed by atoms with Gasteiger partial charge in [-0.1, -0.05) is 15.9 Å². The molecule has 0 saturated heterocycles. The maximum Gasteiger partial charge on any atom is 0.316 e. The topological polar surface area (TPSA) is 26.3 Å². The highest BCUT2D eigenvalue weighted by molar-refractivity contribution is 9.09. The normalized spacial score (nSPS) is 8.29. The average molecular weight is 169 g/mol. The molecule has 0 unspecified atom stereocenters. The van der Waals surface area contributed by atoms with E-state index < -0.39 is 0 Å². The van der Waals surface area contributed by atoms with Gasteiger partial charge < -0.3 is 4.74 Å². The van der Waals surface area contributed by atoms with E-state index in [0.717, 1.165) is 0 Å². The first-order chi connectivity index (χ1) is 3.31. The van der Waals surface area contributed by atoms with Gasteiger partial charge in [-0.15, -0.1) is 0 Å². The van der Waals surface area contributed by atoms with Crippen LogP contribution in [0, 0.1) is 0 Å². The fourth-order valence-electron chi connectivity index (χ4n) is 0.200. The molecule has 0 aliphatic rings. The molecule has 0 aromatic rings. The smallest absolute Gasteiger partial charge is 0.316 e. The summed E-state index contributed by atoms with van der Waals surface area (Å²) in [5.74, 6) is -0.206. The lowest BCUT2D eigenvalue weighted by atomic mass is 10.8. The van der Waals surface area contributed by atoms with Crippen molar-refractivity contribution in [2.24, 2.45) is 0 Å². The van der Waals surface area contributed by atoms with Crippen molar-refractivity contribution in [3.8, 4) is 0 Å². The van der Waals surface area contributed by atoms with Crippen LogP contribution in [0.4, 0.5) is 0 Å². The summed E-state index contributed by atoms with van der Waals surface area (Å²) in [7, 11) is 0. The first-order valence-electron chi connectivity index (χ1n) is 2.02. The molecule has 0 aliphatic carbocycles. The highest BCUT2D eigenvalue weighted by Crippen LogP contribution is 1.82. The third kappa shape index (κ3) is 3.79. The number of esters is 1. The van der Waals surface area contributed by atoms with E-state index in [-0.39, 0.29) is 5.97 Å². The van der Waals surface area contributed by atoms with Crippen LogP contribution in [0.2, 0.25) is 0 Å².